The van der Waals surface area contributed by atoms with Crippen molar-refractivity contribution < 1.29 is 9.32 Å². The third kappa shape index (κ3) is 3.25. The van der Waals surface area contributed by atoms with Crippen molar-refractivity contribution in [2.24, 2.45) is 5.92 Å². The lowest BCUT2D eigenvalue weighted by Gasteiger charge is -2.35. The largest absolute Gasteiger partial charge is 0.361 e. The van der Waals surface area contributed by atoms with Crippen LogP contribution < -0.4 is 4.90 Å². The van der Waals surface area contributed by atoms with Crippen molar-refractivity contribution in [1.29, 1.82) is 0 Å². The highest BCUT2D eigenvalue weighted by molar-refractivity contribution is 5.80. The summed E-state index contributed by atoms with van der Waals surface area (Å²) < 4.78 is 5.22. The van der Waals surface area contributed by atoms with Gasteiger partial charge in [-0.3, -0.25) is 4.79 Å². The summed E-state index contributed by atoms with van der Waals surface area (Å²) in [5.41, 5.74) is 0.890. The number of hydrogen-bond acceptors (Lipinski definition) is 5. The molecule has 6 heteroatoms. The molecule has 4 heterocycles. The van der Waals surface area contributed by atoms with Crippen LogP contribution in [0.4, 0.5) is 5.82 Å². The standard InChI is InChI=1S/C19H24N4O2/c1-14-12-16(21-25-14)17-7-5-11-23(17)19(24)15-6-4-10-22(13-15)18-8-2-3-9-20-18/h2-3,8-9,12,15,17H,4-7,10-11,13H2,1H3/t15-,17+/m1/s1. The molecular weight excluding hydrogens is 316 g/mol. The topological polar surface area (TPSA) is 62.5 Å². The highest BCUT2D eigenvalue weighted by Gasteiger charge is 2.37. The molecule has 0 unspecified atom stereocenters. The summed E-state index contributed by atoms with van der Waals surface area (Å²) >= 11 is 0. The molecule has 2 atom stereocenters. The van der Waals surface area contributed by atoms with Crippen molar-refractivity contribution in [3.8, 4) is 0 Å². The minimum absolute atomic E-state index is 0.0318. The SMILES string of the molecule is Cc1cc([C@@H]2CCCN2C(=O)[C@@H]2CCCN(c3ccccn3)C2)no1. The van der Waals surface area contributed by atoms with E-state index in [2.05, 4.69) is 15.0 Å². The molecule has 2 fully saturated rings. The molecule has 2 aliphatic heterocycles. The van der Waals surface area contributed by atoms with Crippen LogP contribution in [0.15, 0.2) is 35.0 Å². The average molecular weight is 340 g/mol. The van der Waals surface area contributed by atoms with Gasteiger partial charge in [-0.1, -0.05) is 11.2 Å². The number of hydrogen-bond donors (Lipinski definition) is 0. The van der Waals surface area contributed by atoms with E-state index in [1.807, 2.05) is 42.3 Å². The molecule has 25 heavy (non-hydrogen) atoms. The smallest absolute Gasteiger partial charge is 0.228 e. The number of rotatable bonds is 3. The van der Waals surface area contributed by atoms with Gasteiger partial charge < -0.3 is 14.3 Å². The van der Waals surface area contributed by atoms with Crippen LogP contribution in [-0.4, -0.2) is 40.6 Å². The molecule has 6 nitrogen and oxygen atoms in total. The number of carbonyl (C=O) groups excluding carboxylic acids is 1. The van der Waals surface area contributed by atoms with Crippen LogP contribution in [-0.2, 0) is 4.79 Å². The van der Waals surface area contributed by atoms with E-state index in [-0.39, 0.29) is 17.9 Å². The van der Waals surface area contributed by atoms with Crippen LogP contribution in [0.25, 0.3) is 0 Å². The summed E-state index contributed by atoms with van der Waals surface area (Å²) in [7, 11) is 0. The maximum absolute atomic E-state index is 13.2. The summed E-state index contributed by atoms with van der Waals surface area (Å²) in [6.45, 7) is 4.42. The average Bonchev–Trinajstić information content (AvgIpc) is 3.30. The number of amides is 1. The van der Waals surface area contributed by atoms with Crippen molar-refractivity contribution in [3.05, 3.63) is 41.9 Å². The van der Waals surface area contributed by atoms with Gasteiger partial charge in [-0.15, -0.1) is 0 Å². The molecule has 0 saturated carbocycles. The van der Waals surface area contributed by atoms with Crippen LogP contribution in [0.3, 0.4) is 0 Å². The number of piperidine rings is 1. The van der Waals surface area contributed by atoms with Gasteiger partial charge in [0.05, 0.1) is 12.0 Å². The molecule has 0 bridgehead atoms. The first-order valence-corrected chi connectivity index (χ1v) is 9.12. The lowest BCUT2D eigenvalue weighted by molar-refractivity contribution is -0.136. The Kier molecular flexibility index (Phi) is 4.42. The lowest BCUT2D eigenvalue weighted by Crippen LogP contribution is -2.45. The van der Waals surface area contributed by atoms with Gasteiger partial charge >= 0.3 is 0 Å². The number of nitrogens with zero attached hydrogens (tertiary/aromatic N) is 4. The second kappa shape index (κ2) is 6.86. The van der Waals surface area contributed by atoms with E-state index < -0.39 is 0 Å². The van der Waals surface area contributed by atoms with Crippen LogP contribution in [0, 0.1) is 12.8 Å². The first kappa shape index (κ1) is 16.1. The number of anilines is 1. The van der Waals surface area contributed by atoms with Crippen LogP contribution >= 0.6 is 0 Å². The van der Waals surface area contributed by atoms with Gasteiger partial charge in [-0.2, -0.15) is 0 Å². The van der Waals surface area contributed by atoms with Crippen molar-refractivity contribution in [3.63, 3.8) is 0 Å². The number of aryl methyl sites for hydroxylation is 1. The Hall–Kier alpha value is -2.37. The first-order valence-electron chi connectivity index (χ1n) is 9.12. The van der Waals surface area contributed by atoms with Crippen molar-refractivity contribution in [1.82, 2.24) is 15.0 Å². The molecule has 2 aromatic rings. The molecule has 2 saturated heterocycles. The van der Waals surface area contributed by atoms with Crippen LogP contribution in [0.2, 0.25) is 0 Å². The molecule has 2 aliphatic rings. The summed E-state index contributed by atoms with van der Waals surface area (Å²) in [6.07, 6.45) is 5.77. The Balaban J connectivity index is 1.48. The summed E-state index contributed by atoms with van der Waals surface area (Å²) in [5.74, 6) is 2.05. The first-order chi connectivity index (χ1) is 12.2. The molecule has 0 aromatic carbocycles. The second-order valence-electron chi connectivity index (χ2n) is 7.03. The summed E-state index contributed by atoms with van der Waals surface area (Å²) in [6, 6.07) is 7.96. The van der Waals surface area contributed by atoms with E-state index in [0.29, 0.717) is 0 Å². The minimum Gasteiger partial charge on any atom is -0.361 e. The third-order valence-electron chi connectivity index (χ3n) is 5.27. The van der Waals surface area contributed by atoms with E-state index in [4.69, 9.17) is 4.52 Å². The quantitative estimate of drug-likeness (QED) is 0.859. The zero-order valence-corrected chi connectivity index (χ0v) is 14.6. The number of likely N-dealkylation sites (tertiary alicyclic amines) is 1. The van der Waals surface area contributed by atoms with Crippen molar-refractivity contribution in [2.75, 3.05) is 24.5 Å². The predicted molar refractivity (Wildman–Crippen MR) is 94.1 cm³/mol. The van der Waals surface area contributed by atoms with Crippen LogP contribution in [0.1, 0.15) is 43.2 Å². The molecule has 0 N–H and O–H groups in total. The maximum atomic E-state index is 13.2. The number of pyridine rings is 1. The van der Waals surface area contributed by atoms with Crippen LogP contribution in [0.5, 0.6) is 0 Å². The second-order valence-corrected chi connectivity index (χ2v) is 7.03. The molecule has 0 radical (unpaired) electrons. The number of carbonyl (C=O) groups is 1. The van der Waals surface area contributed by atoms with E-state index in [0.717, 1.165) is 62.6 Å². The lowest BCUT2D eigenvalue weighted by atomic mass is 9.96. The van der Waals surface area contributed by atoms with Gasteiger partial charge in [0.2, 0.25) is 5.91 Å². The molecular formula is C19H24N4O2. The monoisotopic (exact) mass is 340 g/mol. The Morgan fingerprint density at radius 1 is 1.24 bits per heavy atom. The van der Waals surface area contributed by atoms with Gasteiger partial charge in [-0.05, 0) is 44.7 Å². The Morgan fingerprint density at radius 3 is 2.88 bits per heavy atom. The molecule has 0 spiro atoms. The normalized spacial score (nSPS) is 23.9. The van der Waals surface area contributed by atoms with E-state index in [9.17, 15) is 4.79 Å². The molecule has 132 valence electrons. The fourth-order valence-corrected chi connectivity index (χ4v) is 4.04. The van der Waals surface area contributed by atoms with Crippen molar-refractivity contribution >= 4 is 11.7 Å². The summed E-state index contributed by atoms with van der Waals surface area (Å²) in [5, 5.41) is 4.15. The predicted octanol–water partition coefficient (Wildman–Crippen LogP) is 2.96. The summed E-state index contributed by atoms with van der Waals surface area (Å²) in [4.78, 5) is 21.9. The molecule has 4 rings (SSSR count). The third-order valence-corrected chi connectivity index (χ3v) is 5.27. The fraction of sp³-hybridized carbons (Fsp3) is 0.526. The molecule has 2 aromatic heterocycles. The Labute approximate surface area is 147 Å². The van der Waals surface area contributed by atoms with E-state index in [1.165, 1.54) is 0 Å². The molecule has 1 amide bonds. The zero-order valence-electron chi connectivity index (χ0n) is 14.6. The van der Waals surface area contributed by atoms with Gasteiger partial charge in [0.1, 0.15) is 17.3 Å². The van der Waals surface area contributed by atoms with E-state index >= 15 is 0 Å². The fourth-order valence-electron chi connectivity index (χ4n) is 4.04. The maximum Gasteiger partial charge on any atom is 0.228 e. The Morgan fingerprint density at radius 2 is 2.12 bits per heavy atom. The highest BCUT2D eigenvalue weighted by Crippen LogP contribution is 2.34. The van der Waals surface area contributed by atoms with E-state index in [1.54, 1.807) is 0 Å². The van der Waals surface area contributed by atoms with Gasteiger partial charge in [0.15, 0.2) is 0 Å². The zero-order chi connectivity index (χ0) is 17.2. The molecule has 0 aliphatic carbocycles. The number of aromatic nitrogens is 2. The van der Waals surface area contributed by atoms with Gasteiger partial charge in [0, 0.05) is 31.9 Å². The van der Waals surface area contributed by atoms with Crippen molar-refractivity contribution in [2.45, 2.75) is 38.6 Å². The Bertz CT molecular complexity index is 730. The van der Waals surface area contributed by atoms with Gasteiger partial charge in [0.25, 0.3) is 0 Å². The van der Waals surface area contributed by atoms with Gasteiger partial charge in [-0.25, -0.2) is 4.98 Å². The highest BCUT2D eigenvalue weighted by atomic mass is 16.5. The minimum atomic E-state index is 0.0318.